The van der Waals surface area contributed by atoms with Crippen molar-refractivity contribution < 1.29 is 36.9 Å². The minimum atomic E-state index is -4.62. The predicted octanol–water partition coefficient (Wildman–Crippen LogP) is 7.93. The first kappa shape index (κ1) is 35.4. The minimum absolute atomic E-state index is 0.0979. The Labute approximate surface area is 298 Å². The number of amides is 1. The normalized spacial score (nSPS) is 21.2. The number of carbonyl (C=O) groups excluding carboxylic acids is 1. The fourth-order valence-electron chi connectivity index (χ4n) is 6.51. The van der Waals surface area contributed by atoms with Gasteiger partial charge in [0.05, 0.1) is 43.1 Å². The molecule has 274 valence electrons. The van der Waals surface area contributed by atoms with Crippen LogP contribution in [0.15, 0.2) is 73.3 Å². The van der Waals surface area contributed by atoms with Crippen molar-refractivity contribution in [1.82, 2.24) is 29.5 Å². The number of carbonyl (C=O) groups is 1. The molecule has 1 saturated carbocycles. The lowest BCUT2D eigenvalue weighted by Gasteiger charge is -2.30. The van der Waals surface area contributed by atoms with Crippen LogP contribution in [0.4, 0.5) is 23.8 Å². The Bertz CT molecular complexity index is 2010. The number of ether oxygens (including phenoxy) is 4. The Kier molecular flexibility index (Phi) is 9.65. The van der Waals surface area contributed by atoms with E-state index in [1.165, 1.54) is 17.0 Å². The first-order valence-corrected chi connectivity index (χ1v) is 17.2. The van der Waals surface area contributed by atoms with Gasteiger partial charge in [0, 0.05) is 48.2 Å². The number of rotatable bonds is 7. The fraction of sp³-hybridized carbons (Fsp3) is 0.432. The zero-order valence-electron chi connectivity index (χ0n) is 29.3. The number of fused-ring (bicyclic) bond motifs is 1. The van der Waals surface area contributed by atoms with Crippen LogP contribution in [-0.2, 0) is 20.4 Å². The van der Waals surface area contributed by atoms with Crippen molar-refractivity contribution in [1.29, 1.82) is 0 Å². The van der Waals surface area contributed by atoms with E-state index >= 15 is 0 Å². The topological polar surface area (TPSA) is 119 Å². The first-order valence-electron chi connectivity index (χ1n) is 17.2. The summed E-state index contributed by atoms with van der Waals surface area (Å²) in [5.41, 5.74) is 1.39. The molecule has 0 bridgehead atoms. The van der Waals surface area contributed by atoms with E-state index in [0.29, 0.717) is 50.4 Å². The van der Waals surface area contributed by atoms with E-state index in [0.717, 1.165) is 28.2 Å². The van der Waals surface area contributed by atoms with E-state index in [1.54, 1.807) is 46.3 Å². The zero-order chi connectivity index (χ0) is 36.6. The van der Waals surface area contributed by atoms with Crippen LogP contribution in [0.1, 0.15) is 76.1 Å². The number of anilines is 1. The highest BCUT2D eigenvalue weighted by Crippen LogP contribution is 2.39. The van der Waals surface area contributed by atoms with Gasteiger partial charge in [0.15, 0.2) is 17.7 Å². The molecule has 12 nitrogen and oxygen atoms in total. The second-order valence-corrected chi connectivity index (χ2v) is 14.1. The van der Waals surface area contributed by atoms with Gasteiger partial charge in [-0.1, -0.05) is 30.3 Å². The lowest BCUT2D eigenvalue weighted by molar-refractivity contribution is -0.202. The maximum absolute atomic E-state index is 13.6. The molecule has 1 aromatic carbocycles. The molecule has 15 heteroatoms. The molecular formula is C37H40F3N7O5. The van der Waals surface area contributed by atoms with Crippen LogP contribution in [0, 0.1) is 0 Å². The Balaban J connectivity index is 1.14. The molecule has 0 spiro atoms. The molecule has 2 aliphatic rings. The number of alkyl halides is 3. The Morgan fingerprint density at radius 2 is 1.67 bits per heavy atom. The average Bonchev–Trinajstić information content (AvgIpc) is 3.77. The number of pyridine rings is 2. The van der Waals surface area contributed by atoms with E-state index < -0.39 is 36.0 Å². The van der Waals surface area contributed by atoms with E-state index in [2.05, 4.69) is 15.1 Å². The highest BCUT2D eigenvalue weighted by atomic mass is 19.4. The summed E-state index contributed by atoms with van der Waals surface area (Å²) in [7, 11) is 1.60. The first-order chi connectivity index (χ1) is 24.8. The van der Waals surface area contributed by atoms with Gasteiger partial charge < -0.3 is 18.9 Å². The van der Waals surface area contributed by atoms with Crippen LogP contribution in [-0.4, -0.2) is 67.6 Å². The number of hydrogen-bond acceptors (Lipinski definition) is 9. The smallest absolute Gasteiger partial charge is 0.437 e. The Hall–Kier alpha value is -5.02. The van der Waals surface area contributed by atoms with Crippen molar-refractivity contribution in [2.24, 2.45) is 0 Å². The standard InChI is InChI=1S/C37H40F3N7O5/c1-36(2,3)52-35(48)45(4)31-17-29-28(19-42-31)32(24-18-43-46(20-24)26-21-49-34(50-22-26)23-9-6-5-7-10-23)44-47(29)25-12-14-27(15-13-25)51-30-11-8-16-41-33(30)37(38,39)40/h5-11,16-20,25-27,34H,12-15,21-22H2,1-4H3. The van der Waals surface area contributed by atoms with Gasteiger partial charge in [0.25, 0.3) is 0 Å². The van der Waals surface area contributed by atoms with Gasteiger partial charge in [-0.15, -0.1) is 0 Å². The second kappa shape index (κ2) is 14.2. The van der Waals surface area contributed by atoms with Crippen molar-refractivity contribution in [3.8, 4) is 17.0 Å². The van der Waals surface area contributed by atoms with Crippen LogP contribution < -0.4 is 9.64 Å². The molecule has 7 rings (SSSR count). The molecule has 2 fully saturated rings. The molecule has 52 heavy (non-hydrogen) atoms. The van der Waals surface area contributed by atoms with Crippen molar-refractivity contribution in [3.05, 3.63) is 84.6 Å². The highest BCUT2D eigenvalue weighted by molar-refractivity contribution is 5.95. The van der Waals surface area contributed by atoms with Crippen molar-refractivity contribution in [2.75, 3.05) is 25.2 Å². The van der Waals surface area contributed by atoms with Gasteiger partial charge >= 0.3 is 12.3 Å². The average molecular weight is 720 g/mol. The number of benzene rings is 1. The third-order valence-corrected chi connectivity index (χ3v) is 9.11. The third-order valence-electron chi connectivity index (χ3n) is 9.11. The van der Waals surface area contributed by atoms with Gasteiger partial charge in [-0.25, -0.2) is 14.8 Å². The molecule has 0 N–H and O–H groups in total. The summed E-state index contributed by atoms with van der Waals surface area (Å²) in [4.78, 5) is 22.4. The van der Waals surface area contributed by atoms with Crippen LogP contribution in [0.25, 0.3) is 22.2 Å². The number of hydrogen-bond donors (Lipinski definition) is 0. The summed E-state index contributed by atoms with van der Waals surface area (Å²) in [6.45, 7) is 6.20. The summed E-state index contributed by atoms with van der Waals surface area (Å²) < 4.78 is 68.0. The predicted molar refractivity (Wildman–Crippen MR) is 185 cm³/mol. The van der Waals surface area contributed by atoms with E-state index in [1.807, 2.05) is 45.9 Å². The van der Waals surface area contributed by atoms with Crippen LogP contribution >= 0.6 is 0 Å². The Morgan fingerprint density at radius 3 is 2.37 bits per heavy atom. The molecule has 4 aromatic heterocycles. The largest absolute Gasteiger partial charge is 0.488 e. The van der Waals surface area contributed by atoms with Gasteiger partial charge in [-0.05, 0) is 58.6 Å². The number of nitrogens with zero attached hydrogens (tertiary/aromatic N) is 7. The van der Waals surface area contributed by atoms with Crippen molar-refractivity contribution in [3.63, 3.8) is 0 Å². The van der Waals surface area contributed by atoms with Crippen LogP contribution in [0.3, 0.4) is 0 Å². The highest BCUT2D eigenvalue weighted by Gasteiger charge is 2.37. The maximum Gasteiger partial charge on any atom is 0.437 e. The summed E-state index contributed by atoms with van der Waals surface area (Å²) in [6.07, 6.45) is 2.63. The summed E-state index contributed by atoms with van der Waals surface area (Å²) in [5.74, 6) is 0.107. The molecular weight excluding hydrogens is 679 g/mol. The van der Waals surface area contributed by atoms with Crippen LogP contribution in [0.2, 0.25) is 0 Å². The number of aromatic nitrogens is 6. The van der Waals surface area contributed by atoms with Gasteiger partial charge in [0.1, 0.15) is 17.1 Å². The molecule has 0 unspecified atom stereocenters. The SMILES string of the molecule is CN(C(=O)OC(C)(C)C)c1cc2c(cn1)c(-c1cnn(C3COC(c4ccccc4)OC3)c1)nn2C1CCC(Oc2cccnc2C(F)(F)F)CC1. The Morgan fingerprint density at radius 1 is 0.942 bits per heavy atom. The van der Waals surface area contributed by atoms with Crippen molar-refractivity contribution in [2.45, 2.75) is 82.7 Å². The van der Waals surface area contributed by atoms with Gasteiger partial charge in [-0.2, -0.15) is 23.4 Å². The summed E-state index contributed by atoms with van der Waals surface area (Å²) >= 11 is 0. The number of halogens is 3. The molecule has 0 atom stereocenters. The third kappa shape index (κ3) is 7.60. The molecule has 1 saturated heterocycles. The second-order valence-electron chi connectivity index (χ2n) is 14.1. The summed E-state index contributed by atoms with van der Waals surface area (Å²) in [5, 5.41) is 10.5. The summed E-state index contributed by atoms with van der Waals surface area (Å²) in [6, 6.07) is 14.1. The molecule has 5 aromatic rings. The maximum atomic E-state index is 13.6. The van der Waals surface area contributed by atoms with Gasteiger partial charge in [-0.3, -0.25) is 14.3 Å². The monoisotopic (exact) mass is 719 g/mol. The molecule has 1 aliphatic heterocycles. The van der Waals surface area contributed by atoms with Crippen LogP contribution in [0.5, 0.6) is 5.75 Å². The van der Waals surface area contributed by atoms with E-state index in [9.17, 15) is 18.0 Å². The minimum Gasteiger partial charge on any atom is -0.488 e. The molecule has 1 aliphatic carbocycles. The fourth-order valence-corrected chi connectivity index (χ4v) is 6.51. The quantitative estimate of drug-likeness (QED) is 0.165. The lowest BCUT2D eigenvalue weighted by Crippen LogP contribution is -2.34. The molecule has 1 amide bonds. The lowest BCUT2D eigenvalue weighted by atomic mass is 9.93. The van der Waals surface area contributed by atoms with E-state index in [4.69, 9.17) is 24.0 Å². The zero-order valence-corrected chi connectivity index (χ0v) is 29.3. The molecule has 5 heterocycles. The van der Waals surface area contributed by atoms with Gasteiger partial charge in [0.2, 0.25) is 0 Å². The van der Waals surface area contributed by atoms with Crippen molar-refractivity contribution >= 4 is 22.8 Å². The van der Waals surface area contributed by atoms with E-state index in [-0.39, 0.29) is 17.8 Å². The molecule has 0 radical (unpaired) electrons.